The molecule has 0 saturated carbocycles. The number of aromatic nitrogens is 1. The number of pyridine rings is 1. The molecule has 0 fully saturated rings. The van der Waals surface area contributed by atoms with Gasteiger partial charge in [0.1, 0.15) is 11.3 Å². The van der Waals surface area contributed by atoms with Crippen molar-refractivity contribution in [3.8, 4) is 11.6 Å². The average molecular weight is 437 g/mol. The summed E-state index contributed by atoms with van der Waals surface area (Å²) in [6, 6.07) is 5.54. The molecule has 27 heavy (non-hydrogen) atoms. The molecular formula is C20H25BrN2O4. The Morgan fingerprint density at radius 3 is 2.41 bits per heavy atom. The number of nitrogens with one attached hydrogen (secondary N) is 1. The molecule has 2 aromatic rings. The number of hydrogen-bond donors (Lipinski definition) is 2. The summed E-state index contributed by atoms with van der Waals surface area (Å²) in [5.41, 5.74) is 2.93. The number of methoxy groups -OCH3 is 1. The molecule has 0 aliphatic heterocycles. The summed E-state index contributed by atoms with van der Waals surface area (Å²) in [4.78, 5) is 16.3. The molecule has 0 aliphatic rings. The van der Waals surface area contributed by atoms with Gasteiger partial charge in [0.15, 0.2) is 0 Å². The minimum absolute atomic E-state index is 0.0110. The lowest BCUT2D eigenvalue weighted by atomic mass is 10.1. The van der Waals surface area contributed by atoms with Gasteiger partial charge in [-0.25, -0.2) is 9.78 Å². The molecule has 1 atom stereocenters. The largest absolute Gasteiger partial charge is 0.477 e. The number of carbonyl (C=O) groups is 1. The Labute approximate surface area is 168 Å². The smallest absolute Gasteiger partial charge is 0.343 e. The van der Waals surface area contributed by atoms with Crippen LogP contribution in [0.5, 0.6) is 11.6 Å². The van der Waals surface area contributed by atoms with Crippen LogP contribution in [0.3, 0.4) is 0 Å². The van der Waals surface area contributed by atoms with Gasteiger partial charge in [0, 0.05) is 23.3 Å². The molecule has 2 N–H and O–H groups in total. The topological polar surface area (TPSA) is 80.7 Å². The number of ether oxygens (including phenoxy) is 2. The van der Waals surface area contributed by atoms with Gasteiger partial charge >= 0.3 is 5.97 Å². The van der Waals surface area contributed by atoms with Crippen molar-refractivity contribution in [1.29, 1.82) is 0 Å². The predicted octanol–water partition coefficient (Wildman–Crippen LogP) is 5.10. The van der Waals surface area contributed by atoms with Crippen LogP contribution in [0.25, 0.3) is 0 Å². The highest BCUT2D eigenvalue weighted by Crippen LogP contribution is 2.35. The second kappa shape index (κ2) is 9.19. The highest BCUT2D eigenvalue weighted by molar-refractivity contribution is 9.10. The van der Waals surface area contributed by atoms with Crippen molar-refractivity contribution in [3.63, 3.8) is 0 Å². The molecule has 0 bridgehead atoms. The Morgan fingerprint density at radius 1 is 1.26 bits per heavy atom. The highest BCUT2D eigenvalue weighted by Gasteiger charge is 2.23. The zero-order valence-corrected chi connectivity index (χ0v) is 17.8. The molecule has 0 radical (unpaired) electrons. The lowest BCUT2D eigenvalue weighted by molar-refractivity contribution is 0.0694. The second-order valence-corrected chi connectivity index (χ2v) is 7.39. The van der Waals surface area contributed by atoms with Gasteiger partial charge in [-0.2, -0.15) is 0 Å². The fourth-order valence-electron chi connectivity index (χ4n) is 2.88. The van der Waals surface area contributed by atoms with Crippen molar-refractivity contribution in [1.82, 2.24) is 4.98 Å². The van der Waals surface area contributed by atoms with Crippen LogP contribution < -0.4 is 10.1 Å². The SMILES string of the molecule is CC[C@@H](COC)Nc1cc(C)nc(Oc2c(C)cc(Br)cc2C)c1C(=O)O. The maximum absolute atomic E-state index is 12.0. The van der Waals surface area contributed by atoms with Crippen LogP contribution in [-0.4, -0.2) is 35.8 Å². The third-order valence-corrected chi connectivity index (χ3v) is 4.63. The summed E-state index contributed by atoms with van der Waals surface area (Å²) in [6.45, 7) is 8.11. The number of aryl methyl sites for hydroxylation is 3. The fraction of sp³-hybridized carbons (Fsp3) is 0.400. The first-order chi connectivity index (χ1) is 12.8. The summed E-state index contributed by atoms with van der Waals surface area (Å²) in [6.07, 6.45) is 0.787. The lowest BCUT2D eigenvalue weighted by Gasteiger charge is -2.21. The van der Waals surface area contributed by atoms with E-state index < -0.39 is 5.97 Å². The first-order valence-electron chi connectivity index (χ1n) is 8.71. The summed E-state index contributed by atoms with van der Waals surface area (Å²) in [7, 11) is 1.62. The second-order valence-electron chi connectivity index (χ2n) is 6.47. The van der Waals surface area contributed by atoms with E-state index >= 15 is 0 Å². The van der Waals surface area contributed by atoms with Gasteiger partial charge in [0.05, 0.1) is 12.3 Å². The number of carboxylic acids is 1. The normalized spacial score (nSPS) is 11.9. The van der Waals surface area contributed by atoms with E-state index in [1.54, 1.807) is 13.2 Å². The number of halogens is 1. The Hall–Kier alpha value is -2.12. The number of benzene rings is 1. The minimum Gasteiger partial charge on any atom is -0.477 e. The Bertz CT molecular complexity index is 816. The molecule has 0 saturated heterocycles. The molecule has 1 aromatic carbocycles. The Morgan fingerprint density at radius 2 is 1.89 bits per heavy atom. The van der Waals surface area contributed by atoms with Gasteiger partial charge in [-0.05, 0) is 56.5 Å². The number of anilines is 1. The van der Waals surface area contributed by atoms with Crippen molar-refractivity contribution in [2.24, 2.45) is 0 Å². The predicted molar refractivity (Wildman–Crippen MR) is 109 cm³/mol. The van der Waals surface area contributed by atoms with Crippen LogP contribution in [0.1, 0.15) is 40.5 Å². The number of aromatic carboxylic acids is 1. The van der Waals surface area contributed by atoms with E-state index in [0.717, 1.165) is 22.0 Å². The number of hydrogen-bond acceptors (Lipinski definition) is 5. The minimum atomic E-state index is -1.10. The zero-order valence-electron chi connectivity index (χ0n) is 16.2. The van der Waals surface area contributed by atoms with Crippen molar-refractivity contribution in [3.05, 3.63) is 45.1 Å². The van der Waals surface area contributed by atoms with Crippen LogP contribution in [0, 0.1) is 20.8 Å². The van der Waals surface area contributed by atoms with Crippen LogP contribution in [-0.2, 0) is 4.74 Å². The van der Waals surface area contributed by atoms with Gasteiger partial charge in [0.25, 0.3) is 0 Å². The van der Waals surface area contributed by atoms with Crippen LogP contribution in [0.2, 0.25) is 0 Å². The molecule has 6 nitrogen and oxygen atoms in total. The van der Waals surface area contributed by atoms with Gasteiger partial charge in [-0.15, -0.1) is 0 Å². The number of carboxylic acid groups (broad SMARTS) is 1. The third kappa shape index (κ3) is 5.20. The molecule has 1 heterocycles. The summed E-state index contributed by atoms with van der Waals surface area (Å²) in [5.74, 6) is -0.417. The van der Waals surface area contributed by atoms with E-state index in [0.29, 0.717) is 23.7 Å². The van der Waals surface area contributed by atoms with Gasteiger partial charge in [-0.3, -0.25) is 0 Å². The monoisotopic (exact) mass is 436 g/mol. The van der Waals surface area contributed by atoms with E-state index in [4.69, 9.17) is 9.47 Å². The van der Waals surface area contributed by atoms with Crippen molar-refractivity contribution in [2.45, 2.75) is 40.2 Å². The molecule has 146 valence electrons. The van der Waals surface area contributed by atoms with Crippen molar-refractivity contribution < 1.29 is 19.4 Å². The van der Waals surface area contributed by atoms with E-state index in [-0.39, 0.29) is 17.5 Å². The molecule has 2 rings (SSSR count). The van der Waals surface area contributed by atoms with E-state index in [9.17, 15) is 9.90 Å². The molecule has 0 unspecified atom stereocenters. The molecular weight excluding hydrogens is 412 g/mol. The summed E-state index contributed by atoms with van der Waals surface area (Å²) >= 11 is 3.46. The lowest BCUT2D eigenvalue weighted by Crippen LogP contribution is -2.25. The first-order valence-corrected chi connectivity index (χ1v) is 9.51. The highest BCUT2D eigenvalue weighted by atomic mass is 79.9. The molecule has 0 aliphatic carbocycles. The van der Waals surface area contributed by atoms with Gasteiger partial charge in [0.2, 0.25) is 5.88 Å². The van der Waals surface area contributed by atoms with Crippen molar-refractivity contribution in [2.75, 3.05) is 19.0 Å². The van der Waals surface area contributed by atoms with E-state index in [1.165, 1.54) is 0 Å². The quantitative estimate of drug-likeness (QED) is 0.599. The van der Waals surface area contributed by atoms with Crippen LogP contribution in [0.4, 0.5) is 5.69 Å². The maximum Gasteiger partial charge on any atom is 0.343 e. The van der Waals surface area contributed by atoms with E-state index in [1.807, 2.05) is 39.8 Å². The Kier molecular flexibility index (Phi) is 7.21. The molecule has 1 aromatic heterocycles. The Balaban J connectivity index is 2.52. The maximum atomic E-state index is 12.0. The van der Waals surface area contributed by atoms with Crippen LogP contribution >= 0.6 is 15.9 Å². The standard InChI is InChI=1S/C20H25BrN2O4/c1-6-15(10-26-5)23-16-9-13(4)22-19(17(16)20(24)25)27-18-11(2)7-14(21)8-12(18)3/h7-9,15H,6,10H2,1-5H3,(H,22,23)(H,24,25)/t15-/m0/s1. The van der Waals surface area contributed by atoms with Gasteiger partial charge in [-0.1, -0.05) is 22.9 Å². The third-order valence-electron chi connectivity index (χ3n) is 4.17. The first kappa shape index (κ1) is 21.2. The molecule has 7 heteroatoms. The summed E-state index contributed by atoms with van der Waals surface area (Å²) in [5, 5.41) is 13.1. The van der Waals surface area contributed by atoms with Crippen molar-refractivity contribution >= 4 is 27.6 Å². The number of nitrogens with zero attached hydrogens (tertiary/aromatic N) is 1. The fourth-order valence-corrected chi connectivity index (χ4v) is 3.56. The van der Waals surface area contributed by atoms with Gasteiger partial charge < -0.3 is 19.9 Å². The zero-order chi connectivity index (χ0) is 20.1. The van der Waals surface area contributed by atoms with Crippen LogP contribution in [0.15, 0.2) is 22.7 Å². The van der Waals surface area contributed by atoms with E-state index in [2.05, 4.69) is 26.2 Å². The average Bonchev–Trinajstić information content (AvgIpc) is 2.56. The molecule has 0 spiro atoms. The number of rotatable bonds is 8. The molecule has 0 amide bonds. The summed E-state index contributed by atoms with van der Waals surface area (Å²) < 4.78 is 12.1.